The van der Waals surface area contributed by atoms with E-state index in [0.717, 1.165) is 5.56 Å². The van der Waals surface area contributed by atoms with Gasteiger partial charge in [-0.3, -0.25) is 4.79 Å². The number of carbonyl (C=O) groups is 1. The fourth-order valence-electron chi connectivity index (χ4n) is 2.06. The Bertz CT molecular complexity index is 413. The third kappa shape index (κ3) is 1.83. The highest BCUT2D eigenvalue weighted by atomic mass is 16.5. The summed E-state index contributed by atoms with van der Waals surface area (Å²) in [6.45, 7) is 2.12. The van der Waals surface area contributed by atoms with Gasteiger partial charge < -0.3 is 14.9 Å². The van der Waals surface area contributed by atoms with Gasteiger partial charge in [-0.15, -0.1) is 0 Å². The van der Waals surface area contributed by atoms with Crippen LogP contribution in [-0.4, -0.2) is 22.8 Å². The third-order valence-electron chi connectivity index (χ3n) is 2.95. The second kappa shape index (κ2) is 4.04. The highest BCUT2D eigenvalue weighted by molar-refractivity contribution is 5.69. The zero-order valence-electron chi connectivity index (χ0n) is 9.01. The molecule has 0 bridgehead atoms. The molecule has 86 valence electrons. The fraction of sp³-hybridized carbons (Fsp3) is 0.417. The normalized spacial score (nSPS) is 19.9. The number of hydrogen-bond donors (Lipinski definition) is 2. The molecule has 0 saturated heterocycles. The van der Waals surface area contributed by atoms with Crippen molar-refractivity contribution in [1.82, 2.24) is 0 Å². The van der Waals surface area contributed by atoms with Crippen molar-refractivity contribution in [2.45, 2.75) is 19.3 Å². The molecule has 0 spiro atoms. The average molecular weight is 222 g/mol. The molecular weight excluding hydrogens is 208 g/mol. The molecular formula is C12H14O4. The number of aliphatic carboxylic acids is 1. The SMILES string of the molecule is CC(CC1COc2cccc(O)c21)C(=O)O. The van der Waals surface area contributed by atoms with Crippen LogP contribution in [0.2, 0.25) is 0 Å². The Hall–Kier alpha value is -1.71. The molecule has 4 nitrogen and oxygen atoms in total. The standard InChI is InChI=1S/C12H14O4/c1-7(12(14)15)5-8-6-16-10-4-2-3-9(13)11(8)10/h2-4,7-8,13H,5-6H2,1H3,(H,14,15). The fourth-order valence-corrected chi connectivity index (χ4v) is 2.06. The molecule has 1 aliphatic heterocycles. The first-order valence-corrected chi connectivity index (χ1v) is 5.27. The summed E-state index contributed by atoms with van der Waals surface area (Å²) in [7, 11) is 0. The molecule has 1 aliphatic rings. The van der Waals surface area contributed by atoms with Crippen LogP contribution >= 0.6 is 0 Å². The van der Waals surface area contributed by atoms with Gasteiger partial charge in [-0.05, 0) is 18.6 Å². The summed E-state index contributed by atoms with van der Waals surface area (Å²) in [5.41, 5.74) is 0.746. The zero-order valence-corrected chi connectivity index (χ0v) is 9.01. The number of fused-ring (bicyclic) bond motifs is 1. The number of phenolic OH excluding ortho intramolecular Hbond substituents is 1. The minimum atomic E-state index is -0.816. The molecule has 2 N–H and O–H groups in total. The summed E-state index contributed by atoms with van der Waals surface area (Å²) in [5, 5.41) is 18.6. The molecule has 0 radical (unpaired) electrons. The molecule has 16 heavy (non-hydrogen) atoms. The number of carboxylic acids is 1. The lowest BCUT2D eigenvalue weighted by Crippen LogP contribution is -2.14. The van der Waals surface area contributed by atoms with Crippen LogP contribution in [0.15, 0.2) is 18.2 Å². The predicted molar refractivity (Wildman–Crippen MR) is 57.8 cm³/mol. The lowest BCUT2D eigenvalue weighted by atomic mass is 9.90. The van der Waals surface area contributed by atoms with Gasteiger partial charge in [0.25, 0.3) is 0 Å². The van der Waals surface area contributed by atoms with Crippen molar-refractivity contribution in [1.29, 1.82) is 0 Å². The molecule has 0 fully saturated rings. The van der Waals surface area contributed by atoms with E-state index in [1.807, 2.05) is 0 Å². The summed E-state index contributed by atoms with van der Waals surface area (Å²) in [4.78, 5) is 10.8. The smallest absolute Gasteiger partial charge is 0.306 e. The Morgan fingerprint density at radius 1 is 1.62 bits per heavy atom. The molecule has 0 aromatic heterocycles. The van der Waals surface area contributed by atoms with Gasteiger partial charge in [-0.1, -0.05) is 13.0 Å². The first-order valence-electron chi connectivity index (χ1n) is 5.27. The Labute approximate surface area is 93.5 Å². The second-order valence-corrected chi connectivity index (χ2v) is 4.17. The van der Waals surface area contributed by atoms with E-state index < -0.39 is 11.9 Å². The lowest BCUT2D eigenvalue weighted by molar-refractivity contribution is -0.141. The number of phenols is 1. The van der Waals surface area contributed by atoms with E-state index in [2.05, 4.69) is 0 Å². The van der Waals surface area contributed by atoms with Gasteiger partial charge in [-0.25, -0.2) is 0 Å². The quantitative estimate of drug-likeness (QED) is 0.820. The van der Waals surface area contributed by atoms with E-state index >= 15 is 0 Å². The van der Waals surface area contributed by atoms with E-state index in [1.165, 1.54) is 0 Å². The Balaban J connectivity index is 2.20. The molecule has 4 heteroatoms. The number of rotatable bonds is 3. The van der Waals surface area contributed by atoms with Crippen LogP contribution in [0.1, 0.15) is 24.8 Å². The van der Waals surface area contributed by atoms with Crippen molar-refractivity contribution in [2.24, 2.45) is 5.92 Å². The third-order valence-corrected chi connectivity index (χ3v) is 2.95. The van der Waals surface area contributed by atoms with Crippen molar-refractivity contribution in [3.8, 4) is 11.5 Å². The highest BCUT2D eigenvalue weighted by Gasteiger charge is 2.30. The van der Waals surface area contributed by atoms with Crippen molar-refractivity contribution in [3.63, 3.8) is 0 Å². The predicted octanol–water partition coefficient (Wildman–Crippen LogP) is 1.98. The molecule has 0 amide bonds. The van der Waals surface area contributed by atoms with Crippen molar-refractivity contribution >= 4 is 5.97 Å². The Morgan fingerprint density at radius 3 is 3.06 bits per heavy atom. The van der Waals surface area contributed by atoms with Crippen LogP contribution in [0.5, 0.6) is 11.5 Å². The number of ether oxygens (including phenoxy) is 1. The summed E-state index contributed by atoms with van der Waals surface area (Å²) < 4.78 is 5.42. The van der Waals surface area contributed by atoms with Crippen LogP contribution in [0.25, 0.3) is 0 Å². The molecule has 2 unspecified atom stereocenters. The maximum absolute atomic E-state index is 10.8. The van der Waals surface area contributed by atoms with Gasteiger partial charge in [0.05, 0.1) is 12.5 Å². The first kappa shape index (κ1) is 10.8. The second-order valence-electron chi connectivity index (χ2n) is 4.17. The van der Waals surface area contributed by atoms with Gasteiger partial charge in [0.1, 0.15) is 11.5 Å². The topological polar surface area (TPSA) is 66.8 Å². The van der Waals surface area contributed by atoms with Gasteiger partial charge in [0.15, 0.2) is 0 Å². The Kier molecular flexibility index (Phi) is 2.73. The van der Waals surface area contributed by atoms with Crippen LogP contribution in [-0.2, 0) is 4.79 Å². The van der Waals surface area contributed by atoms with Crippen LogP contribution in [0, 0.1) is 5.92 Å². The van der Waals surface area contributed by atoms with Crippen molar-refractivity contribution < 1.29 is 19.7 Å². The first-order chi connectivity index (χ1) is 7.59. The molecule has 1 aromatic rings. The monoisotopic (exact) mass is 222 g/mol. The number of aromatic hydroxyl groups is 1. The largest absolute Gasteiger partial charge is 0.508 e. The van der Waals surface area contributed by atoms with Crippen LogP contribution in [0.3, 0.4) is 0 Å². The minimum Gasteiger partial charge on any atom is -0.508 e. The lowest BCUT2D eigenvalue weighted by Gasteiger charge is -2.12. The van der Waals surface area contributed by atoms with Gasteiger partial charge in [0, 0.05) is 11.5 Å². The van der Waals surface area contributed by atoms with Crippen LogP contribution < -0.4 is 4.74 Å². The summed E-state index contributed by atoms with van der Waals surface area (Å²) >= 11 is 0. The van der Waals surface area contributed by atoms with Crippen molar-refractivity contribution in [3.05, 3.63) is 23.8 Å². The summed E-state index contributed by atoms with van der Waals surface area (Å²) in [6, 6.07) is 5.11. The molecule has 0 aliphatic carbocycles. The molecule has 1 aromatic carbocycles. The maximum atomic E-state index is 10.8. The van der Waals surface area contributed by atoms with Gasteiger partial charge in [0.2, 0.25) is 0 Å². The average Bonchev–Trinajstić information content (AvgIpc) is 2.63. The van der Waals surface area contributed by atoms with Gasteiger partial charge >= 0.3 is 5.97 Å². The van der Waals surface area contributed by atoms with Gasteiger partial charge in [-0.2, -0.15) is 0 Å². The van der Waals surface area contributed by atoms with E-state index in [1.54, 1.807) is 25.1 Å². The van der Waals surface area contributed by atoms with Crippen LogP contribution in [0.4, 0.5) is 0 Å². The molecule has 2 atom stereocenters. The molecule has 2 rings (SSSR count). The zero-order chi connectivity index (χ0) is 11.7. The maximum Gasteiger partial charge on any atom is 0.306 e. The van der Waals surface area contributed by atoms with E-state index in [9.17, 15) is 9.90 Å². The molecule has 1 heterocycles. The number of benzene rings is 1. The number of carboxylic acid groups (broad SMARTS) is 1. The minimum absolute atomic E-state index is 0.0256. The number of hydrogen-bond acceptors (Lipinski definition) is 3. The van der Waals surface area contributed by atoms with Crippen molar-refractivity contribution in [2.75, 3.05) is 6.61 Å². The van der Waals surface area contributed by atoms with E-state index in [0.29, 0.717) is 18.8 Å². The van der Waals surface area contributed by atoms with E-state index in [-0.39, 0.29) is 11.7 Å². The molecule has 0 saturated carbocycles. The Morgan fingerprint density at radius 2 is 2.38 bits per heavy atom. The summed E-state index contributed by atoms with van der Waals surface area (Å²) in [5.74, 6) is -0.412. The summed E-state index contributed by atoms with van der Waals surface area (Å²) in [6.07, 6.45) is 0.486. The van der Waals surface area contributed by atoms with E-state index in [4.69, 9.17) is 9.84 Å². The highest BCUT2D eigenvalue weighted by Crippen LogP contribution is 2.42.